The fourth-order valence-electron chi connectivity index (χ4n) is 2.16. The van der Waals surface area contributed by atoms with Crippen LogP contribution in [0.25, 0.3) is 22.9 Å². The molecule has 118 valence electrons. The first-order valence-electron chi connectivity index (χ1n) is 7.17. The molecule has 0 saturated heterocycles. The zero-order chi connectivity index (χ0) is 16.9. The summed E-state index contributed by atoms with van der Waals surface area (Å²) >= 11 is 4.88. The predicted molar refractivity (Wildman–Crippen MR) is 102 cm³/mol. The normalized spacial score (nSPS) is 11.1. The van der Waals surface area contributed by atoms with Gasteiger partial charge in [-0.15, -0.1) is 11.3 Å². The lowest BCUT2D eigenvalue weighted by molar-refractivity contribution is 0.415. The van der Waals surface area contributed by atoms with Crippen LogP contribution in [0.1, 0.15) is 10.6 Å². The van der Waals surface area contributed by atoms with Gasteiger partial charge in [0.2, 0.25) is 0 Å². The Hall–Kier alpha value is -2.42. The largest absolute Gasteiger partial charge is 0.497 e. The molecular formula is C19H13BrN2OS. The van der Waals surface area contributed by atoms with Crippen molar-refractivity contribution in [2.75, 3.05) is 7.11 Å². The molecule has 3 rings (SSSR count). The van der Waals surface area contributed by atoms with E-state index in [2.05, 4.69) is 27.0 Å². The Labute approximate surface area is 153 Å². The Morgan fingerprint density at radius 2 is 1.88 bits per heavy atom. The second-order valence-electron chi connectivity index (χ2n) is 4.99. The van der Waals surface area contributed by atoms with Crippen molar-refractivity contribution < 1.29 is 4.74 Å². The maximum atomic E-state index is 9.47. The molecular weight excluding hydrogens is 384 g/mol. The third kappa shape index (κ3) is 3.73. The van der Waals surface area contributed by atoms with Crippen molar-refractivity contribution in [3.05, 3.63) is 69.0 Å². The molecule has 0 radical (unpaired) electrons. The van der Waals surface area contributed by atoms with E-state index in [-0.39, 0.29) is 0 Å². The van der Waals surface area contributed by atoms with Crippen molar-refractivity contribution in [3.8, 4) is 23.1 Å². The molecule has 3 aromatic rings. The van der Waals surface area contributed by atoms with E-state index in [0.29, 0.717) is 10.6 Å². The van der Waals surface area contributed by atoms with Gasteiger partial charge in [0, 0.05) is 15.4 Å². The van der Waals surface area contributed by atoms with Crippen molar-refractivity contribution in [3.63, 3.8) is 0 Å². The van der Waals surface area contributed by atoms with Crippen LogP contribution >= 0.6 is 27.3 Å². The van der Waals surface area contributed by atoms with Crippen molar-refractivity contribution in [2.24, 2.45) is 0 Å². The number of rotatable bonds is 4. The average molecular weight is 397 g/mol. The highest BCUT2D eigenvalue weighted by molar-refractivity contribution is 9.10. The SMILES string of the molecule is COc1ccc(-c2csc(C(C#N)=Cc3ccc(Br)cc3)n2)cc1. The molecule has 0 bridgehead atoms. The van der Waals surface area contributed by atoms with Crippen LogP contribution in [0.5, 0.6) is 5.75 Å². The minimum atomic E-state index is 0.557. The molecule has 1 aromatic heterocycles. The summed E-state index contributed by atoms with van der Waals surface area (Å²) in [6, 6.07) is 17.8. The number of halogens is 1. The van der Waals surface area contributed by atoms with Crippen LogP contribution in [0.15, 0.2) is 58.4 Å². The van der Waals surface area contributed by atoms with E-state index in [1.807, 2.05) is 60.0 Å². The topological polar surface area (TPSA) is 45.9 Å². The third-order valence-corrected chi connectivity index (χ3v) is 4.83. The monoisotopic (exact) mass is 396 g/mol. The van der Waals surface area contributed by atoms with E-state index in [1.165, 1.54) is 11.3 Å². The molecule has 0 unspecified atom stereocenters. The molecule has 0 fully saturated rings. The Kier molecular flexibility index (Phi) is 5.09. The minimum Gasteiger partial charge on any atom is -0.497 e. The van der Waals surface area contributed by atoms with Crippen molar-refractivity contribution in [1.82, 2.24) is 4.98 Å². The summed E-state index contributed by atoms with van der Waals surface area (Å²) < 4.78 is 6.18. The first kappa shape index (κ1) is 16.4. The summed E-state index contributed by atoms with van der Waals surface area (Å²) in [5.74, 6) is 0.807. The Balaban J connectivity index is 1.90. The van der Waals surface area contributed by atoms with Gasteiger partial charge >= 0.3 is 0 Å². The summed E-state index contributed by atoms with van der Waals surface area (Å²) in [6.07, 6.45) is 1.85. The first-order valence-corrected chi connectivity index (χ1v) is 8.84. The van der Waals surface area contributed by atoms with Gasteiger partial charge in [0.05, 0.1) is 18.4 Å². The number of hydrogen-bond acceptors (Lipinski definition) is 4. The van der Waals surface area contributed by atoms with Gasteiger partial charge in [-0.3, -0.25) is 0 Å². The second-order valence-corrected chi connectivity index (χ2v) is 6.76. The predicted octanol–water partition coefficient (Wildman–Crippen LogP) is 5.65. The number of ether oxygens (including phenoxy) is 1. The molecule has 5 heteroatoms. The van der Waals surface area contributed by atoms with Crippen LogP contribution in [0, 0.1) is 11.3 Å². The zero-order valence-electron chi connectivity index (χ0n) is 12.9. The molecule has 0 amide bonds. The molecule has 0 N–H and O–H groups in total. The molecule has 2 aromatic carbocycles. The van der Waals surface area contributed by atoms with Gasteiger partial charge < -0.3 is 4.74 Å². The van der Waals surface area contributed by atoms with E-state index in [1.54, 1.807) is 7.11 Å². The van der Waals surface area contributed by atoms with Gasteiger partial charge in [-0.05, 0) is 48.0 Å². The lowest BCUT2D eigenvalue weighted by Gasteiger charge is -2.00. The molecule has 0 aliphatic carbocycles. The number of hydrogen-bond donors (Lipinski definition) is 0. The van der Waals surface area contributed by atoms with E-state index in [9.17, 15) is 5.26 Å². The summed E-state index contributed by atoms with van der Waals surface area (Å²) in [6.45, 7) is 0. The highest BCUT2D eigenvalue weighted by Gasteiger charge is 2.09. The van der Waals surface area contributed by atoms with Gasteiger partial charge in [-0.25, -0.2) is 4.98 Å². The number of methoxy groups -OCH3 is 1. The zero-order valence-corrected chi connectivity index (χ0v) is 15.3. The van der Waals surface area contributed by atoms with Crippen molar-refractivity contribution in [2.45, 2.75) is 0 Å². The Bertz CT molecular complexity index is 906. The first-order chi connectivity index (χ1) is 11.7. The molecule has 3 nitrogen and oxygen atoms in total. The van der Waals surface area contributed by atoms with E-state index >= 15 is 0 Å². The quantitative estimate of drug-likeness (QED) is 0.535. The minimum absolute atomic E-state index is 0.557. The Morgan fingerprint density at radius 1 is 1.17 bits per heavy atom. The van der Waals surface area contributed by atoms with Crippen LogP contribution in [0.4, 0.5) is 0 Å². The third-order valence-electron chi connectivity index (χ3n) is 3.42. The van der Waals surface area contributed by atoms with Crippen LogP contribution < -0.4 is 4.74 Å². The van der Waals surface area contributed by atoms with E-state index in [4.69, 9.17) is 4.74 Å². The maximum Gasteiger partial charge on any atom is 0.134 e. The highest BCUT2D eigenvalue weighted by Crippen LogP contribution is 2.28. The fourth-order valence-corrected chi connectivity index (χ4v) is 3.22. The van der Waals surface area contributed by atoms with Crippen LogP contribution in [0.3, 0.4) is 0 Å². The van der Waals surface area contributed by atoms with Gasteiger partial charge in [0.25, 0.3) is 0 Å². The highest BCUT2D eigenvalue weighted by atomic mass is 79.9. The molecule has 24 heavy (non-hydrogen) atoms. The van der Waals surface area contributed by atoms with Crippen molar-refractivity contribution in [1.29, 1.82) is 5.26 Å². The molecule has 1 heterocycles. The number of nitrogens with zero attached hydrogens (tertiary/aromatic N) is 2. The lowest BCUT2D eigenvalue weighted by atomic mass is 10.1. The van der Waals surface area contributed by atoms with E-state index in [0.717, 1.165) is 27.0 Å². The van der Waals surface area contributed by atoms with Crippen LogP contribution in [-0.2, 0) is 0 Å². The maximum absolute atomic E-state index is 9.47. The summed E-state index contributed by atoms with van der Waals surface area (Å²) in [5, 5.41) is 12.1. The van der Waals surface area contributed by atoms with Gasteiger partial charge in [0.15, 0.2) is 0 Å². The van der Waals surface area contributed by atoms with E-state index < -0.39 is 0 Å². The second kappa shape index (κ2) is 7.43. The number of thiazole rings is 1. The standard InChI is InChI=1S/C19H13BrN2OS/c1-23-17-8-4-14(5-9-17)18-12-24-19(22-18)15(11-21)10-13-2-6-16(20)7-3-13/h2-10,12H,1H3. The van der Waals surface area contributed by atoms with Gasteiger partial charge in [-0.2, -0.15) is 5.26 Å². The molecule has 0 atom stereocenters. The molecule has 0 aliphatic heterocycles. The number of aromatic nitrogens is 1. The molecule has 0 spiro atoms. The smallest absolute Gasteiger partial charge is 0.134 e. The lowest BCUT2D eigenvalue weighted by Crippen LogP contribution is -1.84. The number of benzene rings is 2. The van der Waals surface area contributed by atoms with Crippen molar-refractivity contribution >= 4 is 38.9 Å². The van der Waals surface area contributed by atoms with Crippen LogP contribution in [-0.4, -0.2) is 12.1 Å². The number of allylic oxidation sites excluding steroid dienone is 1. The van der Waals surface area contributed by atoms with Gasteiger partial charge in [0.1, 0.15) is 16.8 Å². The average Bonchev–Trinajstić information content (AvgIpc) is 3.11. The molecule has 0 saturated carbocycles. The van der Waals surface area contributed by atoms with Gasteiger partial charge in [-0.1, -0.05) is 28.1 Å². The Morgan fingerprint density at radius 3 is 2.50 bits per heavy atom. The summed E-state index contributed by atoms with van der Waals surface area (Å²) in [7, 11) is 1.64. The summed E-state index contributed by atoms with van der Waals surface area (Å²) in [5.41, 5.74) is 3.38. The number of nitriles is 1. The fraction of sp³-hybridized carbons (Fsp3) is 0.0526. The molecule has 0 aliphatic rings. The van der Waals surface area contributed by atoms with Crippen LogP contribution in [0.2, 0.25) is 0 Å². The summed E-state index contributed by atoms with van der Waals surface area (Å²) in [4.78, 5) is 4.60.